The molecule has 0 atom stereocenters. The van der Waals surface area contributed by atoms with Gasteiger partial charge in [0.25, 0.3) is 0 Å². The van der Waals surface area contributed by atoms with Crippen molar-refractivity contribution in [2.45, 2.75) is 11.3 Å². The van der Waals surface area contributed by atoms with Crippen LogP contribution in [-0.4, -0.2) is 17.8 Å². The van der Waals surface area contributed by atoms with Gasteiger partial charge < -0.3 is 10.5 Å². The summed E-state index contributed by atoms with van der Waals surface area (Å²) in [5.41, 5.74) is 7.98. The first kappa shape index (κ1) is 12.8. The molecule has 0 saturated carbocycles. The van der Waals surface area contributed by atoms with Crippen molar-refractivity contribution in [3.8, 4) is 5.75 Å². The van der Waals surface area contributed by atoms with Crippen LogP contribution < -0.4 is 10.5 Å². The molecule has 0 saturated heterocycles. The Balaban J connectivity index is 1.94. The van der Waals surface area contributed by atoms with E-state index >= 15 is 0 Å². The molecule has 4 heteroatoms. The Kier molecular flexibility index (Phi) is 4.47. The predicted octanol–water partition coefficient (Wildman–Crippen LogP) is 3.01. The number of pyridine rings is 1. The van der Waals surface area contributed by atoms with E-state index in [9.17, 15) is 0 Å². The molecule has 0 unspecified atom stereocenters. The SMILES string of the molecule is COc1ccc(N)c(SCCc2cccnc2)c1. The normalized spacial score (nSPS) is 10.3. The second-order valence-electron chi connectivity index (χ2n) is 3.86. The molecule has 1 aromatic carbocycles. The molecule has 2 N–H and O–H groups in total. The molecule has 0 aliphatic carbocycles. The number of hydrogen-bond acceptors (Lipinski definition) is 4. The van der Waals surface area contributed by atoms with E-state index in [2.05, 4.69) is 11.1 Å². The molecule has 1 heterocycles. The van der Waals surface area contributed by atoms with Crippen molar-refractivity contribution in [1.82, 2.24) is 4.98 Å². The van der Waals surface area contributed by atoms with Crippen LogP contribution in [0, 0.1) is 0 Å². The summed E-state index contributed by atoms with van der Waals surface area (Å²) in [4.78, 5) is 5.17. The van der Waals surface area contributed by atoms with Crippen molar-refractivity contribution in [3.63, 3.8) is 0 Å². The topological polar surface area (TPSA) is 48.1 Å². The first-order valence-electron chi connectivity index (χ1n) is 5.75. The molecule has 2 aromatic rings. The van der Waals surface area contributed by atoms with Crippen molar-refractivity contribution < 1.29 is 4.74 Å². The predicted molar refractivity (Wildman–Crippen MR) is 76.1 cm³/mol. The molecule has 1 aromatic heterocycles. The molecule has 0 radical (unpaired) electrons. The molecule has 0 fully saturated rings. The van der Waals surface area contributed by atoms with Crippen molar-refractivity contribution in [3.05, 3.63) is 48.3 Å². The van der Waals surface area contributed by atoms with Crippen LogP contribution in [0.3, 0.4) is 0 Å². The molecule has 18 heavy (non-hydrogen) atoms. The number of aryl methyl sites for hydroxylation is 1. The van der Waals surface area contributed by atoms with Crippen LogP contribution in [-0.2, 0) is 6.42 Å². The number of nitrogens with two attached hydrogens (primary N) is 1. The highest BCUT2D eigenvalue weighted by atomic mass is 32.2. The summed E-state index contributed by atoms with van der Waals surface area (Å²) >= 11 is 1.74. The van der Waals surface area contributed by atoms with Gasteiger partial charge in [0.1, 0.15) is 5.75 Å². The van der Waals surface area contributed by atoms with Crippen LogP contribution >= 0.6 is 11.8 Å². The monoisotopic (exact) mass is 260 g/mol. The van der Waals surface area contributed by atoms with Crippen LogP contribution in [0.25, 0.3) is 0 Å². The lowest BCUT2D eigenvalue weighted by Gasteiger charge is -2.07. The Labute approximate surface area is 111 Å². The summed E-state index contributed by atoms with van der Waals surface area (Å²) in [6.45, 7) is 0. The van der Waals surface area contributed by atoms with Crippen LogP contribution in [0.2, 0.25) is 0 Å². The lowest BCUT2D eigenvalue weighted by atomic mass is 10.2. The molecule has 3 nitrogen and oxygen atoms in total. The third-order valence-corrected chi connectivity index (χ3v) is 3.66. The molecule has 0 aliphatic rings. The van der Waals surface area contributed by atoms with E-state index in [4.69, 9.17) is 10.5 Å². The zero-order chi connectivity index (χ0) is 12.8. The summed E-state index contributed by atoms with van der Waals surface area (Å²) in [6, 6.07) is 9.78. The van der Waals surface area contributed by atoms with Gasteiger partial charge in [-0.3, -0.25) is 4.98 Å². The molecule has 0 aliphatic heterocycles. The Morgan fingerprint density at radius 2 is 2.22 bits per heavy atom. The van der Waals surface area contributed by atoms with Crippen molar-refractivity contribution in [1.29, 1.82) is 0 Å². The smallest absolute Gasteiger partial charge is 0.120 e. The second-order valence-corrected chi connectivity index (χ2v) is 5.00. The van der Waals surface area contributed by atoms with Gasteiger partial charge in [-0.05, 0) is 36.2 Å². The number of rotatable bonds is 5. The number of aromatic nitrogens is 1. The summed E-state index contributed by atoms with van der Waals surface area (Å²) in [6.07, 6.45) is 4.67. The molecule has 0 spiro atoms. The summed E-state index contributed by atoms with van der Waals surface area (Å²) in [5.74, 6) is 1.82. The van der Waals surface area contributed by atoms with Crippen molar-refractivity contribution in [2.75, 3.05) is 18.6 Å². The number of anilines is 1. The van der Waals surface area contributed by atoms with E-state index in [1.807, 2.05) is 30.5 Å². The van der Waals surface area contributed by atoms with E-state index in [1.54, 1.807) is 25.1 Å². The van der Waals surface area contributed by atoms with Gasteiger partial charge in [-0.2, -0.15) is 0 Å². The zero-order valence-electron chi connectivity index (χ0n) is 10.3. The van der Waals surface area contributed by atoms with Crippen LogP contribution in [0.5, 0.6) is 5.75 Å². The number of nitrogen functional groups attached to an aromatic ring is 1. The van der Waals surface area contributed by atoms with Gasteiger partial charge in [0.05, 0.1) is 7.11 Å². The van der Waals surface area contributed by atoms with Crippen LogP contribution in [0.15, 0.2) is 47.6 Å². The molecular weight excluding hydrogens is 244 g/mol. The highest BCUT2D eigenvalue weighted by molar-refractivity contribution is 7.99. The van der Waals surface area contributed by atoms with Crippen molar-refractivity contribution in [2.24, 2.45) is 0 Å². The van der Waals surface area contributed by atoms with Gasteiger partial charge in [0.15, 0.2) is 0 Å². The molecule has 0 bridgehead atoms. The zero-order valence-corrected chi connectivity index (χ0v) is 11.1. The summed E-state index contributed by atoms with van der Waals surface area (Å²) in [5, 5.41) is 0. The maximum atomic E-state index is 5.93. The quantitative estimate of drug-likeness (QED) is 0.663. The minimum absolute atomic E-state index is 0.798. The Hall–Kier alpha value is -1.68. The van der Waals surface area contributed by atoms with E-state index in [1.165, 1.54) is 5.56 Å². The van der Waals surface area contributed by atoms with Gasteiger partial charge in [-0.25, -0.2) is 0 Å². The average molecular weight is 260 g/mol. The number of thioether (sulfide) groups is 1. The Bertz CT molecular complexity index is 502. The minimum Gasteiger partial charge on any atom is -0.497 e. The Morgan fingerprint density at radius 1 is 1.33 bits per heavy atom. The molecule has 0 amide bonds. The number of nitrogens with zero attached hydrogens (tertiary/aromatic N) is 1. The molecular formula is C14H16N2OS. The largest absolute Gasteiger partial charge is 0.497 e. The third-order valence-electron chi connectivity index (χ3n) is 2.59. The second kappa shape index (κ2) is 6.31. The van der Waals surface area contributed by atoms with Gasteiger partial charge in [-0.15, -0.1) is 11.8 Å². The maximum absolute atomic E-state index is 5.93. The minimum atomic E-state index is 0.798. The average Bonchev–Trinajstić information content (AvgIpc) is 2.42. The first-order valence-corrected chi connectivity index (χ1v) is 6.73. The lowest BCUT2D eigenvalue weighted by molar-refractivity contribution is 0.414. The van der Waals surface area contributed by atoms with E-state index in [0.29, 0.717) is 0 Å². The van der Waals surface area contributed by atoms with Crippen LogP contribution in [0.4, 0.5) is 5.69 Å². The first-order chi connectivity index (χ1) is 8.79. The van der Waals surface area contributed by atoms with E-state index in [0.717, 1.165) is 28.5 Å². The van der Waals surface area contributed by atoms with E-state index < -0.39 is 0 Å². The van der Waals surface area contributed by atoms with Gasteiger partial charge in [0.2, 0.25) is 0 Å². The highest BCUT2D eigenvalue weighted by Crippen LogP contribution is 2.29. The van der Waals surface area contributed by atoms with Gasteiger partial charge in [-0.1, -0.05) is 6.07 Å². The number of benzene rings is 1. The fourth-order valence-corrected chi connectivity index (χ4v) is 2.58. The number of hydrogen-bond donors (Lipinski definition) is 1. The fourth-order valence-electron chi connectivity index (χ4n) is 1.59. The fraction of sp³-hybridized carbons (Fsp3) is 0.214. The maximum Gasteiger partial charge on any atom is 0.120 e. The summed E-state index contributed by atoms with van der Waals surface area (Å²) in [7, 11) is 1.66. The lowest BCUT2D eigenvalue weighted by Crippen LogP contribution is -1.93. The number of ether oxygens (including phenoxy) is 1. The van der Waals surface area contributed by atoms with Crippen LogP contribution in [0.1, 0.15) is 5.56 Å². The van der Waals surface area contributed by atoms with Gasteiger partial charge in [0, 0.05) is 28.7 Å². The standard InChI is InChI=1S/C14H16N2OS/c1-17-12-4-5-13(15)14(9-12)18-8-6-11-3-2-7-16-10-11/h2-5,7,9-10H,6,8,15H2,1H3. The molecule has 94 valence electrons. The third kappa shape index (κ3) is 3.40. The van der Waals surface area contributed by atoms with Gasteiger partial charge >= 0.3 is 0 Å². The highest BCUT2D eigenvalue weighted by Gasteiger charge is 2.02. The summed E-state index contributed by atoms with van der Waals surface area (Å²) < 4.78 is 5.20. The molecule has 2 rings (SSSR count). The van der Waals surface area contributed by atoms with E-state index in [-0.39, 0.29) is 0 Å². The Morgan fingerprint density at radius 3 is 2.94 bits per heavy atom. The number of methoxy groups -OCH3 is 1. The van der Waals surface area contributed by atoms with Crippen molar-refractivity contribution >= 4 is 17.4 Å².